The molecule has 4 heteroatoms. The van der Waals surface area contributed by atoms with Crippen LogP contribution >= 0.6 is 0 Å². The number of benzene rings is 2. The fourth-order valence-electron chi connectivity index (χ4n) is 2.99. The standard InChI is InChI=1S/C20H20O4/c21-19(17-7-6-15-2-1-3-16(15)13-17)12-14-4-8-18(9-5-14)24-11-10-20(22)23/h4-9,13H,1-3,10-12H2,(H,22,23). The third-order valence-corrected chi connectivity index (χ3v) is 4.29. The van der Waals surface area contributed by atoms with Crippen LogP contribution in [0.1, 0.15) is 39.9 Å². The van der Waals surface area contributed by atoms with Crippen LogP contribution in [-0.2, 0) is 24.1 Å². The van der Waals surface area contributed by atoms with Crippen molar-refractivity contribution in [3.8, 4) is 5.75 Å². The normalized spacial score (nSPS) is 12.7. The van der Waals surface area contributed by atoms with E-state index in [1.165, 1.54) is 17.5 Å². The van der Waals surface area contributed by atoms with Crippen LogP contribution in [0.2, 0.25) is 0 Å². The van der Waals surface area contributed by atoms with Crippen LogP contribution in [0.15, 0.2) is 42.5 Å². The largest absolute Gasteiger partial charge is 0.493 e. The molecule has 0 heterocycles. The van der Waals surface area contributed by atoms with E-state index in [1.54, 1.807) is 12.1 Å². The molecule has 0 aromatic heterocycles. The van der Waals surface area contributed by atoms with Crippen molar-refractivity contribution in [1.82, 2.24) is 0 Å². The monoisotopic (exact) mass is 324 g/mol. The number of ether oxygens (including phenoxy) is 1. The first-order valence-corrected chi connectivity index (χ1v) is 8.20. The maximum atomic E-state index is 12.4. The summed E-state index contributed by atoms with van der Waals surface area (Å²) in [7, 11) is 0. The van der Waals surface area contributed by atoms with E-state index in [4.69, 9.17) is 9.84 Å². The molecule has 1 aliphatic carbocycles. The van der Waals surface area contributed by atoms with Gasteiger partial charge in [0.05, 0.1) is 13.0 Å². The zero-order chi connectivity index (χ0) is 16.9. The fraction of sp³-hybridized carbons (Fsp3) is 0.300. The molecular formula is C20H20O4. The molecule has 0 saturated carbocycles. The van der Waals surface area contributed by atoms with E-state index in [0.29, 0.717) is 12.2 Å². The lowest BCUT2D eigenvalue weighted by Crippen LogP contribution is -2.06. The Hall–Kier alpha value is -2.62. The number of hydrogen-bond acceptors (Lipinski definition) is 3. The smallest absolute Gasteiger partial charge is 0.306 e. The Kier molecular flexibility index (Phi) is 4.94. The van der Waals surface area contributed by atoms with Gasteiger partial charge in [-0.2, -0.15) is 0 Å². The molecule has 24 heavy (non-hydrogen) atoms. The molecule has 1 N–H and O–H groups in total. The maximum Gasteiger partial charge on any atom is 0.306 e. The predicted molar refractivity (Wildman–Crippen MR) is 90.7 cm³/mol. The highest BCUT2D eigenvalue weighted by molar-refractivity contribution is 5.97. The molecule has 0 amide bonds. The van der Waals surface area contributed by atoms with Gasteiger partial charge in [-0.05, 0) is 54.2 Å². The number of hydrogen-bond donors (Lipinski definition) is 1. The van der Waals surface area contributed by atoms with Crippen molar-refractivity contribution < 1.29 is 19.4 Å². The van der Waals surface area contributed by atoms with Crippen LogP contribution in [0.25, 0.3) is 0 Å². The van der Waals surface area contributed by atoms with Gasteiger partial charge in [-0.3, -0.25) is 9.59 Å². The molecule has 3 rings (SSSR count). The summed E-state index contributed by atoms with van der Waals surface area (Å²) < 4.78 is 5.35. The molecule has 2 aromatic rings. The van der Waals surface area contributed by atoms with E-state index >= 15 is 0 Å². The summed E-state index contributed by atoms with van der Waals surface area (Å²) in [5.41, 5.74) is 4.38. The van der Waals surface area contributed by atoms with Gasteiger partial charge in [0.2, 0.25) is 0 Å². The van der Waals surface area contributed by atoms with Crippen molar-refractivity contribution in [2.75, 3.05) is 6.61 Å². The van der Waals surface area contributed by atoms with Crippen molar-refractivity contribution in [1.29, 1.82) is 0 Å². The molecular weight excluding hydrogens is 304 g/mol. The number of rotatable bonds is 7. The molecule has 0 unspecified atom stereocenters. The van der Waals surface area contributed by atoms with E-state index in [0.717, 1.165) is 24.0 Å². The summed E-state index contributed by atoms with van der Waals surface area (Å²) in [5, 5.41) is 8.58. The fourth-order valence-corrected chi connectivity index (χ4v) is 2.99. The van der Waals surface area contributed by atoms with Gasteiger partial charge in [0.1, 0.15) is 5.75 Å². The van der Waals surface area contributed by atoms with Crippen molar-refractivity contribution in [3.63, 3.8) is 0 Å². The van der Waals surface area contributed by atoms with Crippen molar-refractivity contribution in [3.05, 3.63) is 64.7 Å². The quantitative estimate of drug-likeness (QED) is 0.792. The predicted octanol–water partition coefficient (Wildman–Crippen LogP) is 3.45. The minimum absolute atomic E-state index is 0.0292. The molecule has 0 atom stereocenters. The Bertz CT molecular complexity index is 747. The van der Waals surface area contributed by atoms with E-state index in [-0.39, 0.29) is 18.8 Å². The molecule has 0 spiro atoms. The Labute approximate surface area is 141 Å². The molecule has 0 aliphatic heterocycles. The number of ketones is 1. The zero-order valence-electron chi connectivity index (χ0n) is 13.5. The SMILES string of the molecule is O=C(O)CCOc1ccc(CC(=O)c2ccc3c(c2)CCC3)cc1. The molecule has 0 radical (unpaired) electrons. The lowest BCUT2D eigenvalue weighted by atomic mass is 9.99. The van der Waals surface area contributed by atoms with Gasteiger partial charge >= 0.3 is 5.97 Å². The van der Waals surface area contributed by atoms with Crippen LogP contribution in [-0.4, -0.2) is 23.5 Å². The van der Waals surface area contributed by atoms with Gasteiger partial charge in [-0.15, -0.1) is 0 Å². The molecule has 0 fully saturated rings. The number of carbonyl (C=O) groups excluding carboxylic acids is 1. The molecule has 4 nitrogen and oxygen atoms in total. The maximum absolute atomic E-state index is 12.4. The van der Waals surface area contributed by atoms with Crippen molar-refractivity contribution >= 4 is 11.8 Å². The summed E-state index contributed by atoms with van der Waals surface area (Å²) in [6.07, 6.45) is 3.69. The topological polar surface area (TPSA) is 63.6 Å². The van der Waals surface area contributed by atoms with Gasteiger partial charge in [-0.25, -0.2) is 0 Å². The molecule has 0 saturated heterocycles. The number of aryl methyl sites for hydroxylation is 2. The van der Waals surface area contributed by atoms with Crippen LogP contribution in [0.4, 0.5) is 0 Å². The molecule has 124 valence electrons. The highest BCUT2D eigenvalue weighted by Crippen LogP contribution is 2.23. The zero-order valence-corrected chi connectivity index (χ0v) is 13.5. The third kappa shape index (κ3) is 4.02. The first-order chi connectivity index (χ1) is 11.6. The van der Waals surface area contributed by atoms with E-state index in [2.05, 4.69) is 6.07 Å². The number of carboxylic acid groups (broad SMARTS) is 1. The van der Waals surface area contributed by atoms with Gasteiger partial charge in [-0.1, -0.05) is 24.3 Å². The molecule has 1 aliphatic rings. The van der Waals surface area contributed by atoms with Crippen LogP contribution in [0, 0.1) is 0 Å². The van der Waals surface area contributed by atoms with Gasteiger partial charge in [0.25, 0.3) is 0 Å². The average molecular weight is 324 g/mol. The second-order valence-electron chi connectivity index (χ2n) is 6.07. The highest BCUT2D eigenvalue weighted by Gasteiger charge is 2.14. The summed E-state index contributed by atoms with van der Waals surface area (Å²) in [4.78, 5) is 22.9. The summed E-state index contributed by atoms with van der Waals surface area (Å²) in [5.74, 6) is -0.152. The number of fused-ring (bicyclic) bond motifs is 1. The molecule has 0 bridgehead atoms. The second-order valence-corrected chi connectivity index (χ2v) is 6.07. The van der Waals surface area contributed by atoms with Crippen molar-refractivity contribution in [2.24, 2.45) is 0 Å². The number of Topliss-reactive ketones (excluding diaryl/α,β-unsaturated/α-hetero) is 1. The minimum Gasteiger partial charge on any atom is -0.493 e. The van der Waals surface area contributed by atoms with E-state index < -0.39 is 5.97 Å². The lowest BCUT2D eigenvalue weighted by molar-refractivity contribution is -0.137. The Morgan fingerprint density at radius 1 is 1.00 bits per heavy atom. The average Bonchev–Trinajstić information content (AvgIpc) is 3.03. The second kappa shape index (κ2) is 7.30. The first kappa shape index (κ1) is 16.2. The van der Waals surface area contributed by atoms with Crippen LogP contribution in [0.3, 0.4) is 0 Å². The van der Waals surface area contributed by atoms with E-state index in [1.807, 2.05) is 24.3 Å². The first-order valence-electron chi connectivity index (χ1n) is 8.20. The van der Waals surface area contributed by atoms with Crippen molar-refractivity contribution in [2.45, 2.75) is 32.1 Å². The Morgan fingerprint density at radius 2 is 1.75 bits per heavy atom. The van der Waals surface area contributed by atoms with E-state index in [9.17, 15) is 9.59 Å². The van der Waals surface area contributed by atoms with Crippen LogP contribution < -0.4 is 4.74 Å². The van der Waals surface area contributed by atoms with Crippen LogP contribution in [0.5, 0.6) is 5.75 Å². The Balaban J connectivity index is 1.59. The summed E-state index contributed by atoms with van der Waals surface area (Å²) >= 11 is 0. The number of carbonyl (C=O) groups is 2. The highest BCUT2D eigenvalue weighted by atomic mass is 16.5. The summed E-state index contributed by atoms with van der Waals surface area (Å²) in [6.45, 7) is 0.142. The van der Waals surface area contributed by atoms with Gasteiger partial charge in [0.15, 0.2) is 5.78 Å². The number of carboxylic acids is 1. The minimum atomic E-state index is -0.883. The lowest BCUT2D eigenvalue weighted by Gasteiger charge is -2.07. The summed E-state index contributed by atoms with van der Waals surface area (Å²) in [6, 6.07) is 13.3. The van der Waals surface area contributed by atoms with Gasteiger partial charge in [0, 0.05) is 12.0 Å². The number of aliphatic carboxylic acids is 1. The molecule has 2 aromatic carbocycles. The van der Waals surface area contributed by atoms with Gasteiger partial charge < -0.3 is 9.84 Å². The Morgan fingerprint density at radius 3 is 2.50 bits per heavy atom. The third-order valence-electron chi connectivity index (χ3n) is 4.29.